The maximum atomic E-state index is 13.0. The molecule has 0 fully saturated rings. The Labute approximate surface area is 267 Å². The number of alkyl carbamates (subject to hydrolysis) is 1. The predicted octanol–water partition coefficient (Wildman–Crippen LogP) is 6.53. The van der Waals surface area contributed by atoms with Gasteiger partial charge in [-0.05, 0) is 46.2 Å². The number of rotatable bonds is 14. The van der Waals surface area contributed by atoms with Crippen LogP contribution >= 0.6 is 11.6 Å². The molecule has 0 aromatic rings. The first-order chi connectivity index (χ1) is 20.5. The summed E-state index contributed by atoms with van der Waals surface area (Å²) in [7, 11) is 0. The average molecular weight is 632 g/mol. The summed E-state index contributed by atoms with van der Waals surface area (Å²) in [5.74, 6) is -1.03. The van der Waals surface area contributed by atoms with Gasteiger partial charge in [0, 0.05) is 47.9 Å². The lowest BCUT2D eigenvalue weighted by atomic mass is 9.86. The molecule has 0 saturated heterocycles. The highest BCUT2D eigenvalue weighted by Gasteiger charge is 2.32. The molecule has 3 amide bonds. The van der Waals surface area contributed by atoms with Gasteiger partial charge in [-0.3, -0.25) is 9.59 Å². The van der Waals surface area contributed by atoms with E-state index < -0.39 is 29.6 Å². The van der Waals surface area contributed by atoms with Gasteiger partial charge in [0.2, 0.25) is 11.8 Å². The molecule has 44 heavy (non-hydrogen) atoms. The van der Waals surface area contributed by atoms with Crippen LogP contribution in [0.5, 0.6) is 0 Å². The zero-order valence-electron chi connectivity index (χ0n) is 27.5. The van der Waals surface area contributed by atoms with E-state index in [0.717, 1.165) is 5.57 Å². The summed E-state index contributed by atoms with van der Waals surface area (Å²) in [6.45, 7) is 16.7. The van der Waals surface area contributed by atoms with Crippen molar-refractivity contribution in [1.82, 2.24) is 16.0 Å². The van der Waals surface area contributed by atoms with Crippen LogP contribution in [0.2, 0.25) is 0 Å². The SMILES string of the molecule is CC1=CC[C@@H]([C@@H](C)/C=C(C)/C=C/C=C/C(=O)N[C@H](C(=O)N/C=C\C[C@H](C/C=C(\C)Cl)OC(=O)NC(C)C)C(C)(C)C)OC1=O. The fourth-order valence-corrected chi connectivity index (χ4v) is 4.21. The first-order valence-corrected chi connectivity index (χ1v) is 15.3. The van der Waals surface area contributed by atoms with Crippen molar-refractivity contribution in [2.45, 2.75) is 106 Å². The van der Waals surface area contributed by atoms with Crippen LogP contribution in [0.4, 0.5) is 4.79 Å². The zero-order valence-corrected chi connectivity index (χ0v) is 28.3. The summed E-state index contributed by atoms with van der Waals surface area (Å²) in [5, 5.41) is 8.78. The second-order valence-electron chi connectivity index (χ2n) is 12.4. The van der Waals surface area contributed by atoms with Gasteiger partial charge >= 0.3 is 12.1 Å². The topological polar surface area (TPSA) is 123 Å². The largest absolute Gasteiger partial charge is 0.458 e. The van der Waals surface area contributed by atoms with Crippen molar-refractivity contribution in [3.63, 3.8) is 0 Å². The van der Waals surface area contributed by atoms with E-state index in [9.17, 15) is 19.2 Å². The minimum atomic E-state index is -0.808. The molecule has 244 valence electrons. The zero-order chi connectivity index (χ0) is 33.4. The van der Waals surface area contributed by atoms with Crippen LogP contribution in [-0.4, -0.2) is 48.2 Å². The van der Waals surface area contributed by atoms with Crippen molar-refractivity contribution in [3.8, 4) is 0 Å². The molecule has 0 radical (unpaired) electrons. The molecule has 1 rings (SSSR count). The van der Waals surface area contributed by atoms with Crippen LogP contribution in [0.25, 0.3) is 0 Å². The number of allylic oxidation sites excluding steroid dienone is 5. The summed E-state index contributed by atoms with van der Waals surface area (Å²) < 4.78 is 11.0. The van der Waals surface area contributed by atoms with Crippen LogP contribution in [0.15, 0.2) is 71.0 Å². The van der Waals surface area contributed by atoms with Crippen LogP contribution in [0, 0.1) is 11.3 Å². The standard InChI is InChI=1S/C34H50ClN3O6/c1-22(2)37-33(42)43-27(18-17-26(6)35)14-12-20-36-31(40)30(34(7,8)9)38-29(39)15-11-10-13-23(3)21-25(5)28-19-16-24(4)32(41)44-28/h10-13,15-17,20-22,25,27-28,30H,14,18-19H2,1-9H3,(H,36,40)(H,37,42)(H,38,39)/b13-10+,15-11+,20-12-,23-21+,26-17+/t25-,27+,28-,30+/m0/s1. The minimum absolute atomic E-state index is 0.0368. The highest BCUT2D eigenvalue weighted by Crippen LogP contribution is 2.22. The highest BCUT2D eigenvalue weighted by atomic mass is 35.5. The van der Waals surface area contributed by atoms with E-state index in [-0.39, 0.29) is 29.9 Å². The Balaban J connectivity index is 2.73. The molecular weight excluding hydrogens is 582 g/mol. The number of carbonyl (C=O) groups excluding carboxylic acids is 4. The molecule has 1 aliphatic heterocycles. The predicted molar refractivity (Wildman–Crippen MR) is 176 cm³/mol. The summed E-state index contributed by atoms with van der Waals surface area (Å²) in [6, 6.07) is -0.871. The molecule has 9 nitrogen and oxygen atoms in total. The fraction of sp³-hybridized carbons (Fsp3) is 0.529. The van der Waals surface area contributed by atoms with Gasteiger partial charge in [0.25, 0.3) is 0 Å². The smallest absolute Gasteiger partial charge is 0.407 e. The van der Waals surface area contributed by atoms with E-state index in [1.807, 2.05) is 66.7 Å². The summed E-state index contributed by atoms with van der Waals surface area (Å²) in [5.41, 5.74) is 1.03. The maximum absolute atomic E-state index is 13.0. The quantitative estimate of drug-likeness (QED) is 0.114. The summed E-state index contributed by atoms with van der Waals surface area (Å²) >= 11 is 5.94. The number of amides is 3. The third kappa shape index (κ3) is 15.8. The second-order valence-corrected chi connectivity index (χ2v) is 13.0. The third-order valence-corrected chi connectivity index (χ3v) is 6.72. The van der Waals surface area contributed by atoms with Crippen molar-refractivity contribution in [2.75, 3.05) is 0 Å². The van der Waals surface area contributed by atoms with Gasteiger partial charge in [0.05, 0.1) is 0 Å². The number of carbonyl (C=O) groups is 4. The summed E-state index contributed by atoms with van der Waals surface area (Å²) in [6.07, 6.45) is 15.7. The van der Waals surface area contributed by atoms with E-state index in [1.165, 1.54) is 12.3 Å². The molecule has 0 aromatic heterocycles. The molecule has 1 heterocycles. The molecular formula is C34H50ClN3O6. The van der Waals surface area contributed by atoms with Gasteiger partial charge in [-0.1, -0.05) is 87.4 Å². The molecule has 0 aliphatic carbocycles. The maximum Gasteiger partial charge on any atom is 0.407 e. The first-order valence-electron chi connectivity index (χ1n) is 15.0. The molecule has 10 heteroatoms. The molecule has 0 bridgehead atoms. The van der Waals surface area contributed by atoms with Gasteiger partial charge in [0.1, 0.15) is 18.2 Å². The van der Waals surface area contributed by atoms with E-state index in [4.69, 9.17) is 21.1 Å². The Morgan fingerprint density at radius 2 is 1.75 bits per heavy atom. The first kappa shape index (κ1) is 38.4. The Bertz CT molecular complexity index is 1190. The molecule has 0 aromatic carbocycles. The monoisotopic (exact) mass is 631 g/mol. The van der Waals surface area contributed by atoms with Crippen molar-refractivity contribution in [1.29, 1.82) is 0 Å². The number of esters is 1. The lowest BCUT2D eigenvalue weighted by Crippen LogP contribution is -2.52. The number of hydrogen-bond donors (Lipinski definition) is 3. The van der Waals surface area contributed by atoms with Gasteiger partial charge < -0.3 is 25.4 Å². The lowest BCUT2D eigenvalue weighted by Gasteiger charge is -2.29. The van der Waals surface area contributed by atoms with Gasteiger partial charge in [-0.25, -0.2) is 9.59 Å². The molecule has 4 atom stereocenters. The van der Waals surface area contributed by atoms with E-state index in [1.54, 1.807) is 38.2 Å². The van der Waals surface area contributed by atoms with Crippen molar-refractivity contribution < 1.29 is 28.7 Å². The van der Waals surface area contributed by atoms with Crippen LogP contribution in [0.3, 0.4) is 0 Å². The fourth-order valence-electron chi connectivity index (χ4n) is 4.12. The van der Waals surface area contributed by atoms with Crippen LogP contribution < -0.4 is 16.0 Å². The van der Waals surface area contributed by atoms with Crippen molar-refractivity contribution >= 4 is 35.5 Å². The Kier molecular flexibility index (Phi) is 16.5. The van der Waals surface area contributed by atoms with E-state index >= 15 is 0 Å². The molecule has 0 spiro atoms. The number of ether oxygens (including phenoxy) is 2. The lowest BCUT2D eigenvalue weighted by molar-refractivity contribution is -0.147. The van der Waals surface area contributed by atoms with E-state index in [0.29, 0.717) is 29.9 Å². The Hall–Kier alpha value is -3.59. The highest BCUT2D eigenvalue weighted by molar-refractivity contribution is 6.29. The van der Waals surface area contributed by atoms with Gasteiger partial charge in [-0.15, -0.1) is 0 Å². The Morgan fingerprint density at radius 1 is 1.09 bits per heavy atom. The molecule has 0 saturated carbocycles. The molecule has 1 aliphatic rings. The van der Waals surface area contributed by atoms with Gasteiger partial charge in [0.15, 0.2) is 0 Å². The number of cyclic esters (lactones) is 1. The minimum Gasteiger partial charge on any atom is -0.458 e. The Morgan fingerprint density at radius 3 is 2.34 bits per heavy atom. The van der Waals surface area contributed by atoms with Crippen molar-refractivity contribution in [2.24, 2.45) is 11.3 Å². The normalized spacial score (nSPS) is 18.7. The van der Waals surface area contributed by atoms with Crippen LogP contribution in [-0.2, 0) is 23.9 Å². The van der Waals surface area contributed by atoms with Crippen molar-refractivity contribution in [3.05, 3.63) is 71.0 Å². The molecule has 0 unspecified atom stereocenters. The second kappa shape index (κ2) is 18.9. The molecule has 3 N–H and O–H groups in total. The van der Waals surface area contributed by atoms with Gasteiger partial charge in [-0.2, -0.15) is 0 Å². The number of nitrogens with one attached hydrogen (secondary N) is 3. The number of hydrogen-bond acceptors (Lipinski definition) is 6. The third-order valence-electron chi connectivity index (χ3n) is 6.57. The average Bonchev–Trinajstić information content (AvgIpc) is 2.90. The number of halogens is 1. The van der Waals surface area contributed by atoms with E-state index in [2.05, 4.69) is 16.0 Å². The summed E-state index contributed by atoms with van der Waals surface area (Å²) in [4.78, 5) is 49.5. The van der Waals surface area contributed by atoms with Crippen LogP contribution in [0.1, 0.15) is 81.6 Å².